The van der Waals surface area contributed by atoms with Crippen LogP contribution in [0.2, 0.25) is 5.02 Å². The molecule has 2 rings (SSSR count). The Balaban J connectivity index is 2.42. The van der Waals surface area contributed by atoms with Crippen molar-refractivity contribution in [2.75, 3.05) is 0 Å². The van der Waals surface area contributed by atoms with Crippen LogP contribution in [0.4, 0.5) is 22.0 Å². The Kier molecular flexibility index (Phi) is 5.76. The molecule has 0 bridgehead atoms. The first-order chi connectivity index (χ1) is 11.3. The number of alkyl halides is 3. The van der Waals surface area contributed by atoms with Crippen LogP contribution >= 0.6 is 11.6 Å². The lowest BCUT2D eigenvalue weighted by molar-refractivity contribution is -0.198. The van der Waals surface area contributed by atoms with Gasteiger partial charge in [-0.3, -0.25) is 0 Å². The molecule has 1 aliphatic rings. The van der Waals surface area contributed by atoms with Gasteiger partial charge in [-0.1, -0.05) is 16.0 Å². The van der Waals surface area contributed by atoms with Crippen LogP contribution in [0.3, 0.4) is 0 Å². The lowest BCUT2D eigenvalue weighted by atomic mass is 9.70. The van der Waals surface area contributed by atoms with Gasteiger partial charge in [0.25, 0.3) is 0 Å². The van der Waals surface area contributed by atoms with Crippen molar-refractivity contribution in [3.8, 4) is 0 Å². The molecule has 0 spiro atoms. The van der Waals surface area contributed by atoms with Crippen LogP contribution in [0.5, 0.6) is 0 Å². The molecule has 1 atom stereocenters. The van der Waals surface area contributed by atoms with E-state index in [-0.39, 0.29) is 24.1 Å². The second-order valence-electron chi connectivity index (χ2n) is 6.97. The van der Waals surface area contributed by atoms with E-state index in [2.05, 4.69) is 4.40 Å². The summed E-state index contributed by atoms with van der Waals surface area (Å²) in [6.07, 6.45) is -4.90. The van der Waals surface area contributed by atoms with Crippen molar-refractivity contribution >= 4 is 28.7 Å². The molecule has 0 heterocycles. The monoisotopic (exact) mass is 401 g/mol. The second-order valence-corrected chi connectivity index (χ2v) is 9.25. The van der Waals surface area contributed by atoms with E-state index in [1.54, 1.807) is 20.8 Å². The Bertz CT molecular complexity index is 680. The molecule has 2 nitrogen and oxygen atoms in total. The summed E-state index contributed by atoms with van der Waals surface area (Å²) in [4.78, 5) is 0. The first kappa shape index (κ1) is 20.5. The van der Waals surface area contributed by atoms with Gasteiger partial charge in [-0.05, 0) is 45.7 Å². The third-order valence-electron chi connectivity index (χ3n) is 4.00. The molecule has 0 saturated heterocycles. The van der Waals surface area contributed by atoms with E-state index in [4.69, 9.17) is 11.6 Å². The van der Waals surface area contributed by atoms with Crippen LogP contribution in [0.15, 0.2) is 16.5 Å². The Morgan fingerprint density at radius 2 is 1.76 bits per heavy atom. The molecule has 0 amide bonds. The SMILES string of the molecule is CC(C)(C)[S+]([O-])N=C(c1ccc(F)c(Cl)c1F)C1CC(C(F)(F)F)C1. The average Bonchev–Trinajstić information content (AvgIpc) is 2.40. The summed E-state index contributed by atoms with van der Waals surface area (Å²) in [5, 5.41) is -0.765. The molecule has 1 saturated carbocycles. The van der Waals surface area contributed by atoms with Gasteiger partial charge >= 0.3 is 6.18 Å². The number of halogens is 6. The summed E-state index contributed by atoms with van der Waals surface area (Å²) >= 11 is 3.75. The van der Waals surface area contributed by atoms with Gasteiger partial charge in [0, 0.05) is 11.5 Å². The van der Waals surface area contributed by atoms with Gasteiger partial charge < -0.3 is 4.55 Å². The molecule has 1 unspecified atom stereocenters. The summed E-state index contributed by atoms with van der Waals surface area (Å²) in [6, 6.07) is 1.98. The van der Waals surface area contributed by atoms with Gasteiger partial charge in [-0.15, -0.1) is 0 Å². The minimum Gasteiger partial charge on any atom is -0.591 e. The minimum absolute atomic E-state index is 0.0619. The predicted octanol–water partition coefficient (Wildman–Crippen LogP) is 5.46. The Morgan fingerprint density at radius 3 is 2.24 bits per heavy atom. The molecule has 1 aromatic carbocycles. The molecule has 0 radical (unpaired) electrons. The van der Waals surface area contributed by atoms with Crippen LogP contribution in [0.25, 0.3) is 0 Å². The van der Waals surface area contributed by atoms with Gasteiger partial charge in [0.1, 0.15) is 32.7 Å². The van der Waals surface area contributed by atoms with E-state index < -0.39 is 50.8 Å². The zero-order chi connectivity index (χ0) is 19.2. The van der Waals surface area contributed by atoms with E-state index in [0.29, 0.717) is 0 Å². The molecular weight excluding hydrogens is 385 g/mol. The molecule has 25 heavy (non-hydrogen) atoms. The first-order valence-corrected chi connectivity index (χ1v) is 9.02. The number of rotatable bonds is 3. The molecule has 9 heteroatoms. The van der Waals surface area contributed by atoms with Gasteiger partial charge in [0.15, 0.2) is 5.82 Å². The first-order valence-electron chi connectivity index (χ1n) is 7.53. The molecule has 0 N–H and O–H groups in total. The summed E-state index contributed by atoms with van der Waals surface area (Å²) in [6.45, 7) is 4.91. The highest BCUT2D eigenvalue weighted by Gasteiger charge is 2.50. The molecule has 0 aliphatic heterocycles. The number of nitrogens with zero attached hydrogens (tertiary/aromatic N) is 1. The standard InChI is InChI=1S/C16H17ClF5NOS/c1-15(2,3)25(24)23-14(8-6-9(7-8)16(20,21)22)10-4-5-11(18)12(17)13(10)19/h4-5,8-9H,6-7H2,1-3H3. The maximum absolute atomic E-state index is 14.3. The lowest BCUT2D eigenvalue weighted by Gasteiger charge is -2.37. The van der Waals surface area contributed by atoms with Crippen LogP contribution < -0.4 is 0 Å². The van der Waals surface area contributed by atoms with Gasteiger partial charge in [-0.2, -0.15) is 13.2 Å². The molecule has 1 aliphatic carbocycles. The highest BCUT2D eigenvalue weighted by Crippen LogP contribution is 2.46. The summed E-state index contributed by atoms with van der Waals surface area (Å²) in [5.74, 6) is -4.32. The van der Waals surface area contributed by atoms with Crippen LogP contribution in [-0.4, -0.2) is 21.2 Å². The van der Waals surface area contributed by atoms with Crippen molar-refractivity contribution in [2.45, 2.75) is 44.5 Å². The van der Waals surface area contributed by atoms with Crippen molar-refractivity contribution in [2.24, 2.45) is 16.2 Å². The number of hydrogen-bond acceptors (Lipinski definition) is 2. The van der Waals surface area contributed by atoms with E-state index >= 15 is 0 Å². The molecule has 1 fully saturated rings. The van der Waals surface area contributed by atoms with E-state index in [1.165, 1.54) is 0 Å². The van der Waals surface area contributed by atoms with E-state index in [9.17, 15) is 26.5 Å². The predicted molar refractivity (Wildman–Crippen MR) is 88.1 cm³/mol. The lowest BCUT2D eigenvalue weighted by Crippen LogP contribution is -2.40. The third-order valence-corrected chi connectivity index (χ3v) is 5.76. The van der Waals surface area contributed by atoms with Crippen LogP contribution in [0, 0.1) is 23.5 Å². The second kappa shape index (κ2) is 7.04. The zero-order valence-corrected chi connectivity index (χ0v) is 15.3. The normalized spacial score (nSPS) is 23.4. The third kappa shape index (κ3) is 4.46. The maximum atomic E-state index is 14.3. The highest BCUT2D eigenvalue weighted by atomic mass is 35.5. The molecular formula is C16H17ClF5NOS. The summed E-state index contributed by atoms with van der Waals surface area (Å²) < 4.78 is 81.5. The van der Waals surface area contributed by atoms with Crippen molar-refractivity contribution in [3.05, 3.63) is 34.4 Å². The van der Waals surface area contributed by atoms with E-state index in [1.807, 2.05) is 0 Å². The van der Waals surface area contributed by atoms with Crippen molar-refractivity contribution in [3.63, 3.8) is 0 Å². The maximum Gasteiger partial charge on any atom is 0.391 e. The van der Waals surface area contributed by atoms with Gasteiger partial charge in [0.2, 0.25) is 0 Å². The van der Waals surface area contributed by atoms with Crippen molar-refractivity contribution < 1.29 is 26.5 Å². The molecule has 0 aromatic heterocycles. The Labute approximate surface area is 150 Å². The number of benzene rings is 1. The summed E-state index contributed by atoms with van der Waals surface area (Å²) in [5.41, 5.74) is -0.275. The van der Waals surface area contributed by atoms with Crippen molar-refractivity contribution in [1.29, 1.82) is 0 Å². The highest BCUT2D eigenvalue weighted by molar-refractivity contribution is 7.91. The Hall–Kier alpha value is -0.860. The topological polar surface area (TPSA) is 35.4 Å². The fourth-order valence-electron chi connectivity index (χ4n) is 2.40. The quantitative estimate of drug-likeness (QED) is 0.287. The van der Waals surface area contributed by atoms with Crippen molar-refractivity contribution in [1.82, 2.24) is 0 Å². The van der Waals surface area contributed by atoms with Crippen LogP contribution in [-0.2, 0) is 11.4 Å². The van der Waals surface area contributed by atoms with Crippen LogP contribution in [0.1, 0.15) is 39.2 Å². The molecule has 140 valence electrons. The van der Waals surface area contributed by atoms with E-state index in [0.717, 1.165) is 12.1 Å². The largest absolute Gasteiger partial charge is 0.591 e. The number of hydrogen-bond donors (Lipinski definition) is 0. The Morgan fingerprint density at radius 1 is 1.20 bits per heavy atom. The molecule has 1 aromatic rings. The summed E-state index contributed by atoms with van der Waals surface area (Å²) in [7, 11) is 0. The minimum atomic E-state index is -4.34. The fraction of sp³-hybridized carbons (Fsp3) is 0.562. The van der Waals surface area contributed by atoms with Gasteiger partial charge in [0.05, 0.1) is 5.92 Å². The smallest absolute Gasteiger partial charge is 0.391 e. The zero-order valence-electron chi connectivity index (χ0n) is 13.8. The fourth-order valence-corrected chi connectivity index (χ4v) is 3.27. The average molecular weight is 402 g/mol. The van der Waals surface area contributed by atoms with Gasteiger partial charge in [-0.25, -0.2) is 8.78 Å².